The summed E-state index contributed by atoms with van der Waals surface area (Å²) in [5.41, 5.74) is 23.2. The van der Waals surface area contributed by atoms with Gasteiger partial charge in [0.05, 0.1) is 31.2 Å². The molecule has 2 heterocycles. The molecular formula is C80H131N23O25. The van der Waals surface area contributed by atoms with E-state index in [9.17, 15) is 122 Å². The van der Waals surface area contributed by atoms with Crippen molar-refractivity contribution < 1.29 is 122 Å². The van der Waals surface area contributed by atoms with Crippen LogP contribution in [0.4, 0.5) is 0 Å². The van der Waals surface area contributed by atoms with Gasteiger partial charge in [-0.15, -0.1) is 0 Å². The molecule has 1 aromatic rings. The van der Waals surface area contributed by atoms with Gasteiger partial charge >= 0.3 is 17.9 Å². The zero-order valence-electron chi connectivity index (χ0n) is 73.9. The number of aliphatic hydroxyl groups excluding tert-OH is 2. The number of phenolic OH excluding ortho intramolecular Hbond substituents is 1. The molecule has 2 aliphatic heterocycles. The Hall–Kier alpha value is -12.6. The van der Waals surface area contributed by atoms with Gasteiger partial charge in [0.15, 0.2) is 11.9 Å². The summed E-state index contributed by atoms with van der Waals surface area (Å²) >= 11 is 0. The minimum absolute atomic E-state index is 0.00627. The van der Waals surface area contributed by atoms with Crippen LogP contribution in [0.15, 0.2) is 24.3 Å². The highest BCUT2D eigenvalue weighted by Crippen LogP contribution is 2.23. The zero-order valence-corrected chi connectivity index (χ0v) is 73.9. The van der Waals surface area contributed by atoms with Gasteiger partial charge in [0.2, 0.25) is 94.5 Å². The van der Waals surface area contributed by atoms with Crippen molar-refractivity contribution in [1.82, 2.24) is 89.6 Å². The average molecular weight is 1820 g/mol. The van der Waals surface area contributed by atoms with Crippen LogP contribution >= 0.6 is 0 Å². The third-order valence-electron chi connectivity index (χ3n) is 20.7. The molecule has 128 heavy (non-hydrogen) atoms. The largest absolute Gasteiger partial charge is 0.508 e. The number of aromatic hydroxyl groups is 1. The van der Waals surface area contributed by atoms with Crippen LogP contribution in [0, 0.1) is 34.5 Å². The van der Waals surface area contributed by atoms with Crippen LogP contribution in [0.25, 0.3) is 0 Å². The molecule has 0 aliphatic carbocycles. The number of nitrogens with one attached hydrogen (secondary N) is 17. The predicted octanol–water partition coefficient (Wildman–Crippen LogP) is -7.42. The van der Waals surface area contributed by atoms with Crippen molar-refractivity contribution in [3.05, 3.63) is 29.8 Å². The Kier molecular flexibility index (Phi) is 46.0. The maximum absolute atomic E-state index is 14.8. The molecule has 0 bridgehead atoms. The van der Waals surface area contributed by atoms with Crippen molar-refractivity contribution in [2.75, 3.05) is 32.7 Å². The number of carboxylic acids is 3. The van der Waals surface area contributed by atoms with E-state index < -0.39 is 289 Å². The molecule has 16 amide bonds. The lowest BCUT2D eigenvalue weighted by atomic mass is 9.99. The maximum Gasteiger partial charge on any atom is 0.326 e. The fourth-order valence-electron chi connectivity index (χ4n) is 13.9. The molecular weight excluding hydrogens is 1680 g/mol. The highest BCUT2D eigenvalue weighted by molar-refractivity contribution is 6.01. The molecule has 17 atom stereocenters. The topological polar surface area (TPSA) is 784 Å². The molecule has 48 nitrogen and oxygen atoms in total. The monoisotopic (exact) mass is 1810 g/mol. The minimum atomic E-state index is -1.94. The van der Waals surface area contributed by atoms with E-state index in [4.69, 9.17) is 33.8 Å². The standard InChI is InChI=1S/C80H131N23O25/c1-37(2)32-51(96-69(118)53(35-59(111)112)97-71(120)54-18-14-30-102(54)77(126)46(81)34-44-20-22-45(106)23-21-44)68(117)93-47(16-12-28-87-79(83)84)65(114)92-48(17-13-29-88-80(85)86)67(116)98-60(39(5)6)73(122)94-50(25-27-58(109)110)66(115)95-52(33-38(3)4)70(119)100-63(43(11)105)75(124)99-61(40(7)8)74(123)101-62(42(10)104)72(121)89-36-57(108)91-49(24-26-56(82)107)64(113)90-41(9)76(125)103-31-15-19-55(103)78(127)128/h20-23,37-43,46-55,60-63,104-106H,12-19,24-36,81H2,1-11H3,(H2,82,107)(H,89,121)(H,90,113)(H,91,108)(H,92,114)(H,93,117)(H,94,122)(H,95,115)(H,96,118)(H,97,120)(H,98,116)(H,99,124)(H,100,119)(H,101,123)(H,109,110)(H,111,112)(H,127,128)(H4,83,84,87)(H4,85,86,88)/t41-,42+,43+,46-,47-,48-,49-,50-,51-,52-,53-,54-,55-,60-,61-,62-,63-/m0/s1. The van der Waals surface area contributed by atoms with Gasteiger partial charge in [0.1, 0.15) is 90.3 Å². The Labute approximate surface area is 740 Å². The van der Waals surface area contributed by atoms with Gasteiger partial charge in [-0.05, 0) is 146 Å². The van der Waals surface area contributed by atoms with Crippen LogP contribution in [0.1, 0.15) is 178 Å². The molecule has 0 aromatic heterocycles. The number of hydrogen-bond acceptors (Lipinski definition) is 25. The Balaban J connectivity index is 1.89. The number of nitrogens with zero attached hydrogens (tertiary/aromatic N) is 2. The van der Waals surface area contributed by atoms with E-state index in [0.29, 0.717) is 18.4 Å². The van der Waals surface area contributed by atoms with E-state index in [1.54, 1.807) is 39.8 Å². The van der Waals surface area contributed by atoms with Gasteiger partial charge in [-0.25, -0.2) is 4.79 Å². The maximum atomic E-state index is 14.8. The number of aliphatic carboxylic acids is 3. The second-order valence-electron chi connectivity index (χ2n) is 33.3. The van der Waals surface area contributed by atoms with Crippen molar-refractivity contribution >= 4 is 124 Å². The Bertz CT molecular complexity index is 4080. The second kappa shape index (κ2) is 53.8. The van der Waals surface area contributed by atoms with Crippen LogP contribution in [0.2, 0.25) is 0 Å². The molecule has 716 valence electrons. The SMILES string of the molecule is CC(C)C[C@H](NC(=O)[C@H](CC(=O)O)NC(=O)[C@@H]1CCCN1C(=O)[C@@H](N)Cc1ccc(O)cc1)C(=O)N[C@@H](CCCNC(=N)N)C(=O)N[C@@H](CCCNC(=N)N)C(=O)N[C@H](C(=O)N[C@@H](CCC(=O)O)C(=O)N[C@@H](CC(C)C)C(=O)N[C@H](C(=O)N[C@H](C(=O)N[C@H](C(=O)NCC(=O)N[C@@H](CCC(N)=O)C(=O)N[C@@H](C)C(=O)N1CCC[C@H]1C(=O)O)[C@@H](C)O)C(C)C)[C@@H](C)O)C(C)C. The average Bonchev–Trinajstić information content (AvgIpc) is 1.70. The summed E-state index contributed by atoms with van der Waals surface area (Å²) in [6, 6.07) is -17.5. The summed E-state index contributed by atoms with van der Waals surface area (Å²) in [5.74, 6) is -24.2. The molecule has 2 fully saturated rings. The number of amides is 16. The highest BCUT2D eigenvalue weighted by atomic mass is 16.4. The van der Waals surface area contributed by atoms with E-state index >= 15 is 0 Å². The normalized spacial score (nSPS) is 17.1. The lowest BCUT2D eigenvalue weighted by Gasteiger charge is -2.30. The number of primary amides is 1. The first-order valence-electron chi connectivity index (χ1n) is 42.4. The number of rotatable bonds is 55. The van der Waals surface area contributed by atoms with Gasteiger partial charge < -0.3 is 143 Å². The first-order valence-corrected chi connectivity index (χ1v) is 42.4. The van der Waals surface area contributed by atoms with Crippen LogP contribution in [0.3, 0.4) is 0 Å². The van der Waals surface area contributed by atoms with Crippen LogP contribution in [0.5, 0.6) is 5.75 Å². The fraction of sp³-hybridized carbons (Fsp3) is 0.662. The number of carboxylic acid groups (broad SMARTS) is 3. The van der Waals surface area contributed by atoms with Crippen molar-refractivity contribution in [3.8, 4) is 5.75 Å². The lowest BCUT2D eigenvalue weighted by molar-refractivity contribution is -0.149. The molecule has 2 aliphatic rings. The summed E-state index contributed by atoms with van der Waals surface area (Å²) in [6.07, 6.45) is -6.68. The molecule has 0 spiro atoms. The summed E-state index contributed by atoms with van der Waals surface area (Å²) in [6.45, 7) is 15.0. The van der Waals surface area contributed by atoms with Crippen molar-refractivity contribution in [2.45, 2.75) is 282 Å². The molecule has 2 saturated heterocycles. The first kappa shape index (κ1) is 110. The van der Waals surface area contributed by atoms with Gasteiger partial charge in [-0.3, -0.25) is 97.1 Å². The predicted molar refractivity (Wildman–Crippen MR) is 457 cm³/mol. The molecule has 1 aromatic carbocycles. The molecule has 48 heteroatoms. The van der Waals surface area contributed by atoms with Crippen molar-refractivity contribution in [3.63, 3.8) is 0 Å². The van der Waals surface area contributed by atoms with E-state index in [0.717, 1.165) is 18.7 Å². The van der Waals surface area contributed by atoms with E-state index in [1.165, 1.54) is 51.7 Å². The summed E-state index contributed by atoms with van der Waals surface area (Å²) < 4.78 is 0. The van der Waals surface area contributed by atoms with Gasteiger partial charge in [0, 0.05) is 39.0 Å². The van der Waals surface area contributed by atoms with Crippen molar-refractivity contribution in [2.24, 2.45) is 46.6 Å². The number of carbonyl (C=O) groups excluding carboxylic acids is 16. The quantitative estimate of drug-likeness (QED) is 0.0164. The fourth-order valence-corrected chi connectivity index (χ4v) is 13.9. The number of phenols is 1. The van der Waals surface area contributed by atoms with E-state index in [1.807, 2.05) is 0 Å². The second-order valence-corrected chi connectivity index (χ2v) is 33.3. The summed E-state index contributed by atoms with van der Waals surface area (Å²) in [7, 11) is 0. The Morgan fingerprint density at radius 2 is 0.812 bits per heavy atom. The van der Waals surface area contributed by atoms with Crippen molar-refractivity contribution in [1.29, 1.82) is 10.8 Å². The molecule has 31 N–H and O–H groups in total. The number of carbonyl (C=O) groups is 19. The van der Waals surface area contributed by atoms with Crippen LogP contribution in [-0.2, 0) is 97.5 Å². The van der Waals surface area contributed by atoms with Gasteiger partial charge in [-0.1, -0.05) is 67.5 Å². The number of aliphatic hydroxyl groups is 2. The number of guanidine groups is 2. The lowest BCUT2D eigenvalue weighted by Crippen LogP contribution is -2.63. The molecule has 0 unspecified atom stereocenters. The number of benzene rings is 1. The minimum Gasteiger partial charge on any atom is -0.508 e. The number of likely N-dealkylation sites (tertiary alicyclic amines) is 2. The molecule has 0 saturated carbocycles. The highest BCUT2D eigenvalue weighted by Gasteiger charge is 2.43. The van der Waals surface area contributed by atoms with Crippen LogP contribution < -0.4 is 103 Å². The van der Waals surface area contributed by atoms with Gasteiger partial charge in [-0.2, -0.15) is 0 Å². The third-order valence-corrected chi connectivity index (χ3v) is 20.7. The smallest absolute Gasteiger partial charge is 0.326 e. The number of nitrogens with two attached hydrogens (primary N) is 4. The number of hydrogen-bond donors (Lipinski definition) is 27. The van der Waals surface area contributed by atoms with E-state index in [2.05, 4.69) is 79.8 Å². The summed E-state index contributed by atoms with van der Waals surface area (Å²) in [4.78, 5) is 261. The summed E-state index contributed by atoms with van der Waals surface area (Å²) in [5, 5.41) is 113. The Morgan fingerprint density at radius 3 is 1.27 bits per heavy atom. The van der Waals surface area contributed by atoms with Crippen LogP contribution in [-0.4, -0.2) is 300 Å². The Morgan fingerprint density at radius 1 is 0.430 bits per heavy atom. The molecule has 3 rings (SSSR count). The first-order chi connectivity index (χ1) is 59.8. The third kappa shape index (κ3) is 37.9. The zero-order chi connectivity index (χ0) is 96.8. The van der Waals surface area contributed by atoms with E-state index in [-0.39, 0.29) is 89.7 Å². The van der Waals surface area contributed by atoms with Gasteiger partial charge in [0.25, 0.3) is 0 Å². The molecule has 0 radical (unpaired) electrons.